The van der Waals surface area contributed by atoms with Gasteiger partial charge in [0, 0.05) is 35.9 Å². The number of pyridine rings is 1. The number of fused-ring (bicyclic) bond motifs is 1. The van der Waals surface area contributed by atoms with Crippen LogP contribution in [0, 0.1) is 0 Å². The van der Waals surface area contributed by atoms with Crippen molar-refractivity contribution in [1.82, 2.24) is 15.0 Å². The van der Waals surface area contributed by atoms with Gasteiger partial charge >= 0.3 is 41.3 Å². The zero-order valence-corrected chi connectivity index (χ0v) is 18.3. The molecule has 0 radical (unpaired) electrons. The van der Waals surface area contributed by atoms with Crippen LogP contribution in [0.3, 0.4) is 0 Å². The first-order valence-corrected chi connectivity index (χ1v) is 10.5. The molecule has 12 heteroatoms. The van der Waals surface area contributed by atoms with Gasteiger partial charge in [0.2, 0.25) is 0 Å². The van der Waals surface area contributed by atoms with Gasteiger partial charge in [-0.15, -0.1) is 0 Å². The number of methoxy groups -OCH3 is 2. The van der Waals surface area contributed by atoms with E-state index in [4.69, 9.17) is 9.47 Å². The topological polar surface area (TPSA) is 109 Å². The van der Waals surface area contributed by atoms with E-state index in [2.05, 4.69) is 19.7 Å². The number of hydrogen-bond acceptors (Lipinski definition) is 7. The number of aromatic nitrogens is 3. The zero-order valence-electron chi connectivity index (χ0n) is 17.5. The van der Waals surface area contributed by atoms with Crippen molar-refractivity contribution in [3.05, 3.63) is 36.2 Å². The van der Waals surface area contributed by atoms with Gasteiger partial charge in [0.1, 0.15) is 17.2 Å². The summed E-state index contributed by atoms with van der Waals surface area (Å²) >= 11 is -1.56. The minimum atomic E-state index is -2.92. The van der Waals surface area contributed by atoms with Crippen LogP contribution in [-0.4, -0.2) is 75.7 Å². The Kier molecular flexibility index (Phi) is 11.9. The number of benzene rings is 1. The summed E-state index contributed by atoms with van der Waals surface area (Å²) in [4.78, 5) is 21.1. The zero-order chi connectivity index (χ0) is 23.0. The Morgan fingerprint density at radius 3 is 2.50 bits per heavy atom. The molecule has 32 heavy (non-hydrogen) atoms. The molecule has 2 heterocycles. The van der Waals surface area contributed by atoms with Crippen LogP contribution in [0.2, 0.25) is 0 Å². The second kappa shape index (κ2) is 13.6. The van der Waals surface area contributed by atoms with E-state index in [0.29, 0.717) is 34.6 Å². The molecule has 0 fully saturated rings. The molecule has 8 nitrogen and oxygen atoms in total. The van der Waals surface area contributed by atoms with Crippen LogP contribution in [0.15, 0.2) is 35.6 Å². The second-order valence-electron chi connectivity index (χ2n) is 6.14. The van der Waals surface area contributed by atoms with Gasteiger partial charge in [-0.1, -0.05) is 6.92 Å². The number of carbonyl (C=O) groups excluding carboxylic acids is 1. The van der Waals surface area contributed by atoms with Crippen molar-refractivity contribution in [3.63, 3.8) is 0 Å². The van der Waals surface area contributed by atoms with Gasteiger partial charge in [0.25, 0.3) is 0 Å². The van der Waals surface area contributed by atoms with Crippen molar-refractivity contribution in [2.45, 2.75) is 37.8 Å². The van der Waals surface area contributed by atoms with Crippen molar-refractivity contribution >= 4 is 57.5 Å². The average Bonchev–Trinajstić information content (AvgIpc) is 3.17. The van der Waals surface area contributed by atoms with Gasteiger partial charge in [-0.25, -0.2) is 0 Å². The number of ether oxygens (including phenoxy) is 3. The summed E-state index contributed by atoms with van der Waals surface area (Å²) in [6.45, 7) is 0.508. The number of nitrogens with zero attached hydrogens (tertiary/aromatic N) is 2. The number of halogens is 2. The number of carbonyl (C=O) groups is 1. The van der Waals surface area contributed by atoms with Gasteiger partial charge in [-0.2, -0.15) is 13.8 Å². The van der Waals surface area contributed by atoms with Gasteiger partial charge in [-0.3, -0.25) is 9.97 Å². The predicted octanol–water partition coefficient (Wildman–Crippen LogP) is 3.22. The molecule has 1 N–H and O–H groups in total. The first-order valence-electron chi connectivity index (χ1n) is 9.17. The second-order valence-corrected chi connectivity index (χ2v) is 7.50. The minimum absolute atomic E-state index is 0. The fourth-order valence-electron chi connectivity index (χ4n) is 2.39. The number of nitrogens with one attached hydrogen (secondary N) is 1. The third-order valence-corrected chi connectivity index (χ3v) is 5.17. The number of H-pyrrole nitrogens is 1. The molecule has 0 aliphatic heterocycles. The van der Waals surface area contributed by atoms with Crippen LogP contribution in [-0.2, 0) is 21.7 Å². The van der Waals surface area contributed by atoms with Gasteiger partial charge in [0.05, 0.1) is 25.3 Å². The molecule has 0 aliphatic carbocycles. The summed E-state index contributed by atoms with van der Waals surface area (Å²) in [6.07, 6.45) is 2.19. The van der Waals surface area contributed by atoms with E-state index in [1.165, 1.54) is 38.6 Å². The summed E-state index contributed by atoms with van der Waals surface area (Å²) in [6, 6.07) is 5.90. The van der Waals surface area contributed by atoms with Crippen LogP contribution >= 0.6 is 0 Å². The monoisotopic (exact) mass is 479 g/mol. The van der Waals surface area contributed by atoms with E-state index < -0.39 is 17.8 Å². The van der Waals surface area contributed by atoms with E-state index in [1.807, 2.05) is 6.92 Å². The number of hydrogen-bond donors (Lipinski definition) is 1. The van der Waals surface area contributed by atoms with Gasteiger partial charge in [0.15, 0.2) is 17.3 Å². The molecule has 1 atom stereocenters. The molecule has 170 valence electrons. The summed E-state index contributed by atoms with van der Waals surface area (Å²) in [5.41, 5.74) is 1.38. The molecule has 1 unspecified atom stereocenters. The number of Topliss-reactive ketones (excluding diaryl/α,β-unsaturated/α-hetero) is 1. The van der Waals surface area contributed by atoms with E-state index in [1.54, 1.807) is 13.0 Å². The molecule has 3 rings (SSSR count). The molecule has 3 aromatic rings. The number of imidazole rings is 1. The maximum absolute atomic E-state index is 12.6. The summed E-state index contributed by atoms with van der Waals surface area (Å²) in [5.74, 6) is 1.15. The average molecular weight is 479 g/mol. The molecule has 0 saturated heterocycles. The molecule has 0 aliphatic rings. The Hall–Kier alpha value is -1.92. The van der Waals surface area contributed by atoms with Crippen molar-refractivity contribution in [2.24, 2.45) is 0 Å². The quantitative estimate of drug-likeness (QED) is 0.390. The SMILES string of the molecule is CCC(C)=O.COc1ccnc(C[S+]([O-])c2nc3cc(OC(F)F)ccc3[nH]2)c1OC.[NaH]. The van der Waals surface area contributed by atoms with E-state index >= 15 is 0 Å². The Balaban J connectivity index is 0.000000770. The third-order valence-electron chi connectivity index (χ3n) is 4.01. The maximum atomic E-state index is 12.6. The van der Waals surface area contributed by atoms with Crippen LogP contribution in [0.5, 0.6) is 17.2 Å². The van der Waals surface area contributed by atoms with Crippen molar-refractivity contribution in [3.8, 4) is 17.2 Å². The molecular formula is C20H24F2N3NaO5S. The van der Waals surface area contributed by atoms with E-state index in [9.17, 15) is 18.1 Å². The van der Waals surface area contributed by atoms with Crippen LogP contribution in [0.25, 0.3) is 11.0 Å². The Bertz CT molecular complexity index is 1020. The van der Waals surface area contributed by atoms with Crippen LogP contribution in [0.1, 0.15) is 26.0 Å². The molecule has 1 aromatic carbocycles. The fourth-order valence-corrected chi connectivity index (χ4v) is 3.41. The van der Waals surface area contributed by atoms with Crippen molar-refractivity contribution in [2.75, 3.05) is 14.2 Å². The van der Waals surface area contributed by atoms with Gasteiger partial charge in [-0.05, 0) is 19.1 Å². The van der Waals surface area contributed by atoms with E-state index in [0.717, 1.165) is 0 Å². The molecule has 0 spiro atoms. The first-order chi connectivity index (χ1) is 14.8. The Morgan fingerprint density at radius 1 is 1.25 bits per heavy atom. The molecule has 0 bridgehead atoms. The molecule has 2 aromatic heterocycles. The number of aromatic amines is 1. The van der Waals surface area contributed by atoms with Crippen molar-refractivity contribution in [1.29, 1.82) is 0 Å². The molecule has 0 saturated carbocycles. The van der Waals surface area contributed by atoms with Gasteiger partial charge < -0.3 is 23.6 Å². The summed E-state index contributed by atoms with van der Waals surface area (Å²) in [5, 5.41) is 0.195. The van der Waals surface area contributed by atoms with Crippen LogP contribution in [0.4, 0.5) is 8.78 Å². The Labute approximate surface area is 209 Å². The molecule has 0 amide bonds. The number of alkyl halides is 2. The van der Waals surface area contributed by atoms with Crippen LogP contribution < -0.4 is 14.2 Å². The normalized spacial score (nSPS) is 11.2. The Morgan fingerprint density at radius 2 is 1.94 bits per heavy atom. The summed E-state index contributed by atoms with van der Waals surface area (Å²) < 4.78 is 52.1. The third kappa shape index (κ3) is 7.89. The first kappa shape index (κ1) is 28.1. The summed E-state index contributed by atoms with van der Waals surface area (Å²) in [7, 11) is 2.97. The fraction of sp³-hybridized carbons (Fsp3) is 0.350. The van der Waals surface area contributed by atoms with Crippen molar-refractivity contribution < 1.29 is 32.3 Å². The number of rotatable bonds is 8. The van der Waals surface area contributed by atoms with E-state index in [-0.39, 0.29) is 52.0 Å². The predicted molar refractivity (Wildman–Crippen MR) is 118 cm³/mol. The molecular weight excluding hydrogens is 455 g/mol. The standard InChI is InChI=1S/C16H15F2N3O4S.C4H8O.Na.H/c1-23-13-5-6-19-12(14(13)24-2)8-26(22)16-20-10-4-3-9(25-15(17)18)7-11(10)21-16;1-3-4(2)5;;/h3-7,15H,8H2,1-2H3,(H,20,21);3H2,1-2H3;;. The number of ketones is 1.